The van der Waals surface area contributed by atoms with Crippen molar-refractivity contribution < 1.29 is 8.42 Å². The Labute approximate surface area is 103 Å². The van der Waals surface area contributed by atoms with E-state index in [1.807, 2.05) is 6.07 Å². The molecule has 0 radical (unpaired) electrons. The van der Waals surface area contributed by atoms with E-state index in [-0.39, 0.29) is 0 Å². The molecule has 1 N–H and O–H groups in total. The molecule has 1 aromatic heterocycles. The van der Waals surface area contributed by atoms with Gasteiger partial charge in [0.25, 0.3) is 0 Å². The molecule has 1 saturated heterocycles. The van der Waals surface area contributed by atoms with Gasteiger partial charge in [0.05, 0.1) is 11.5 Å². The van der Waals surface area contributed by atoms with E-state index < -0.39 is 9.84 Å². The minimum atomic E-state index is -2.75. The third kappa shape index (κ3) is 3.33. The summed E-state index contributed by atoms with van der Waals surface area (Å²) in [5.41, 5.74) is 1.26. The van der Waals surface area contributed by atoms with Gasteiger partial charge in [0.1, 0.15) is 9.84 Å². The molecule has 2 heterocycles. The van der Waals surface area contributed by atoms with Crippen molar-refractivity contribution in [1.29, 1.82) is 0 Å². The summed E-state index contributed by atoms with van der Waals surface area (Å²) in [6, 6.07) is 4.50. The van der Waals surface area contributed by atoms with Gasteiger partial charge >= 0.3 is 0 Å². The average Bonchev–Trinajstić information content (AvgIpc) is 2.75. The van der Waals surface area contributed by atoms with E-state index >= 15 is 0 Å². The molecule has 0 aromatic carbocycles. The molecule has 4 nitrogen and oxygen atoms in total. The summed E-state index contributed by atoms with van der Waals surface area (Å²) < 4.78 is 24.8. The fourth-order valence-electron chi connectivity index (χ4n) is 2.26. The second-order valence-electron chi connectivity index (χ2n) is 4.59. The lowest BCUT2D eigenvalue weighted by molar-refractivity contribution is 0.455. The van der Waals surface area contributed by atoms with Crippen LogP contribution in [0.2, 0.25) is 0 Å². The lowest BCUT2D eigenvalue weighted by Crippen LogP contribution is -2.37. The number of hydrogen-bond acceptors (Lipinski definition) is 3. The summed E-state index contributed by atoms with van der Waals surface area (Å²) in [5, 5.41) is 3.45. The van der Waals surface area contributed by atoms with Crippen LogP contribution in [0, 0.1) is 0 Å². The van der Waals surface area contributed by atoms with Crippen LogP contribution in [0.1, 0.15) is 25.5 Å². The molecule has 0 spiro atoms. The van der Waals surface area contributed by atoms with Crippen molar-refractivity contribution in [2.75, 3.05) is 11.5 Å². The number of sulfone groups is 1. The Bertz CT molecular complexity index is 451. The Morgan fingerprint density at radius 1 is 1.41 bits per heavy atom. The lowest BCUT2D eigenvalue weighted by Gasteiger charge is -2.23. The standard InChI is InChI=1S/C12H20N2O2S/c1-2-14-7-3-4-12(14)10-13-11-5-8-17(15,16)9-6-11/h3-4,7,11,13H,2,5-6,8-10H2,1H3. The van der Waals surface area contributed by atoms with Crippen molar-refractivity contribution in [3.8, 4) is 0 Å². The number of aryl methyl sites for hydroxylation is 1. The second kappa shape index (κ2) is 5.23. The Morgan fingerprint density at radius 3 is 2.76 bits per heavy atom. The first-order chi connectivity index (χ1) is 8.11. The molecule has 0 saturated carbocycles. The van der Waals surface area contributed by atoms with Crippen molar-refractivity contribution in [1.82, 2.24) is 9.88 Å². The number of hydrogen-bond donors (Lipinski definition) is 1. The quantitative estimate of drug-likeness (QED) is 0.880. The number of nitrogens with zero attached hydrogens (tertiary/aromatic N) is 1. The van der Waals surface area contributed by atoms with Crippen molar-refractivity contribution in [3.63, 3.8) is 0 Å². The van der Waals surface area contributed by atoms with E-state index in [0.717, 1.165) is 25.9 Å². The molecule has 0 amide bonds. The highest BCUT2D eigenvalue weighted by atomic mass is 32.2. The number of rotatable bonds is 4. The minimum absolute atomic E-state index is 0.333. The van der Waals surface area contributed by atoms with Gasteiger partial charge in [-0.1, -0.05) is 0 Å². The Hall–Kier alpha value is -0.810. The van der Waals surface area contributed by atoms with Crippen LogP contribution in [0.4, 0.5) is 0 Å². The molecule has 5 heteroatoms. The molecular formula is C12H20N2O2S. The van der Waals surface area contributed by atoms with Crippen molar-refractivity contribution in [2.24, 2.45) is 0 Å². The molecule has 1 aliphatic heterocycles. The summed E-state index contributed by atoms with van der Waals surface area (Å²) in [5.74, 6) is 0.666. The van der Waals surface area contributed by atoms with Gasteiger partial charge in [0, 0.05) is 31.0 Å². The van der Waals surface area contributed by atoms with Crippen LogP contribution in [0.15, 0.2) is 18.3 Å². The number of aromatic nitrogens is 1. The smallest absolute Gasteiger partial charge is 0.150 e. The molecule has 1 fully saturated rings. The first kappa shape index (κ1) is 12.6. The summed E-state index contributed by atoms with van der Waals surface area (Å²) in [6.45, 7) is 3.92. The predicted octanol–water partition coefficient (Wildman–Crippen LogP) is 1.17. The normalized spacial score (nSPS) is 20.5. The maximum Gasteiger partial charge on any atom is 0.150 e. The van der Waals surface area contributed by atoms with E-state index in [4.69, 9.17) is 0 Å². The number of nitrogens with one attached hydrogen (secondary N) is 1. The SMILES string of the molecule is CCn1cccc1CNC1CCS(=O)(=O)CC1. The van der Waals surface area contributed by atoms with Crippen LogP contribution in [0.25, 0.3) is 0 Å². The van der Waals surface area contributed by atoms with Crippen molar-refractivity contribution in [3.05, 3.63) is 24.0 Å². The van der Waals surface area contributed by atoms with Crippen molar-refractivity contribution >= 4 is 9.84 Å². The highest BCUT2D eigenvalue weighted by molar-refractivity contribution is 7.91. The first-order valence-corrected chi connectivity index (χ1v) is 8.00. The van der Waals surface area contributed by atoms with Crippen LogP contribution in [0.3, 0.4) is 0 Å². The predicted molar refractivity (Wildman–Crippen MR) is 68.6 cm³/mol. The second-order valence-corrected chi connectivity index (χ2v) is 6.90. The first-order valence-electron chi connectivity index (χ1n) is 6.18. The Morgan fingerprint density at radius 2 is 2.12 bits per heavy atom. The molecular weight excluding hydrogens is 236 g/mol. The van der Waals surface area contributed by atoms with Crippen LogP contribution in [-0.4, -0.2) is 30.5 Å². The van der Waals surface area contributed by atoms with E-state index in [1.165, 1.54) is 5.69 Å². The Balaban J connectivity index is 1.84. The van der Waals surface area contributed by atoms with Gasteiger partial charge in [-0.25, -0.2) is 8.42 Å². The molecule has 1 aromatic rings. The van der Waals surface area contributed by atoms with Gasteiger partial charge < -0.3 is 9.88 Å². The molecule has 2 rings (SSSR count). The van der Waals surface area contributed by atoms with Crippen molar-refractivity contribution in [2.45, 2.75) is 38.9 Å². The van der Waals surface area contributed by atoms with Gasteiger partial charge in [-0.2, -0.15) is 0 Å². The maximum absolute atomic E-state index is 11.3. The van der Waals surface area contributed by atoms with Crippen LogP contribution in [-0.2, 0) is 22.9 Å². The maximum atomic E-state index is 11.3. The highest BCUT2D eigenvalue weighted by Gasteiger charge is 2.23. The molecule has 0 bridgehead atoms. The molecule has 96 valence electrons. The van der Waals surface area contributed by atoms with Crippen LogP contribution >= 0.6 is 0 Å². The van der Waals surface area contributed by atoms with Gasteiger partial charge in [-0.3, -0.25) is 0 Å². The summed E-state index contributed by atoms with van der Waals surface area (Å²) in [6.07, 6.45) is 3.56. The van der Waals surface area contributed by atoms with Crippen LogP contribution < -0.4 is 5.32 Å². The topological polar surface area (TPSA) is 51.1 Å². The zero-order chi connectivity index (χ0) is 12.3. The fraction of sp³-hybridized carbons (Fsp3) is 0.667. The van der Waals surface area contributed by atoms with Gasteiger partial charge in [-0.15, -0.1) is 0 Å². The molecule has 0 aliphatic carbocycles. The van der Waals surface area contributed by atoms with Gasteiger partial charge in [0.2, 0.25) is 0 Å². The monoisotopic (exact) mass is 256 g/mol. The largest absolute Gasteiger partial charge is 0.351 e. The highest BCUT2D eigenvalue weighted by Crippen LogP contribution is 2.13. The van der Waals surface area contributed by atoms with E-state index in [1.54, 1.807) is 0 Å². The summed E-state index contributed by atoms with van der Waals surface area (Å²) in [7, 11) is -2.75. The summed E-state index contributed by atoms with van der Waals surface area (Å²) in [4.78, 5) is 0. The zero-order valence-corrected chi connectivity index (χ0v) is 11.0. The molecule has 0 atom stereocenters. The third-order valence-electron chi connectivity index (χ3n) is 3.39. The van der Waals surface area contributed by atoms with Gasteiger partial charge in [-0.05, 0) is 31.9 Å². The lowest BCUT2D eigenvalue weighted by atomic mass is 10.1. The zero-order valence-electron chi connectivity index (χ0n) is 10.2. The van der Waals surface area contributed by atoms with Crippen LogP contribution in [0.5, 0.6) is 0 Å². The van der Waals surface area contributed by atoms with E-state index in [2.05, 4.69) is 29.1 Å². The molecule has 17 heavy (non-hydrogen) atoms. The molecule has 1 aliphatic rings. The van der Waals surface area contributed by atoms with Gasteiger partial charge in [0.15, 0.2) is 0 Å². The molecule has 0 unspecified atom stereocenters. The van der Waals surface area contributed by atoms with E-state index in [0.29, 0.717) is 17.5 Å². The minimum Gasteiger partial charge on any atom is -0.351 e. The average molecular weight is 256 g/mol. The Kier molecular flexibility index (Phi) is 3.89. The summed E-state index contributed by atoms with van der Waals surface area (Å²) >= 11 is 0. The third-order valence-corrected chi connectivity index (χ3v) is 5.11. The fourth-order valence-corrected chi connectivity index (χ4v) is 3.75. The van der Waals surface area contributed by atoms with E-state index in [9.17, 15) is 8.42 Å².